The minimum Gasteiger partial charge on any atom is -0.350 e. The summed E-state index contributed by atoms with van der Waals surface area (Å²) in [7, 11) is -4.27. The van der Waals surface area contributed by atoms with Gasteiger partial charge in [0.1, 0.15) is 10.6 Å². The number of carbonyl (C=O) groups is 2. The molecule has 0 radical (unpaired) electrons. The predicted molar refractivity (Wildman–Crippen MR) is 142 cm³/mol. The molecule has 40 heavy (non-hydrogen) atoms. The molecule has 0 fully saturated rings. The van der Waals surface area contributed by atoms with Crippen LogP contribution in [0.2, 0.25) is 0 Å². The molecule has 3 aromatic rings. The van der Waals surface area contributed by atoms with Crippen LogP contribution >= 0.6 is 0 Å². The van der Waals surface area contributed by atoms with E-state index in [0.717, 1.165) is 18.9 Å². The Morgan fingerprint density at radius 1 is 0.950 bits per heavy atom. The molecule has 0 saturated heterocycles. The molecule has 0 unspecified atom stereocenters. The molecule has 0 bridgehead atoms. The standard InChI is InChI=1S/C26H25F3N4O6S/c1-2-3-4-9-24(34)32-40(38,39)23-8-6-5-7-21(23)31-25(35)17-10-13-19(14-11-17)30-20-15-12-18(26(27,28)29)16-22(20)33(36)37/h5-8,10-16,30H,2-4,9H2,1H3,(H,31,35)(H,32,34). The van der Waals surface area contributed by atoms with E-state index in [2.05, 4.69) is 10.6 Å². The fraction of sp³-hybridized carbons (Fsp3) is 0.231. The summed E-state index contributed by atoms with van der Waals surface area (Å²) < 4.78 is 66.4. The maximum Gasteiger partial charge on any atom is 0.416 e. The lowest BCUT2D eigenvalue weighted by molar-refractivity contribution is -0.384. The normalized spacial score (nSPS) is 11.5. The topological polar surface area (TPSA) is 148 Å². The van der Waals surface area contributed by atoms with E-state index in [1.165, 1.54) is 48.5 Å². The van der Waals surface area contributed by atoms with Gasteiger partial charge in [-0.15, -0.1) is 0 Å². The Bertz CT molecular complexity index is 1510. The zero-order valence-corrected chi connectivity index (χ0v) is 21.9. The smallest absolute Gasteiger partial charge is 0.350 e. The van der Waals surface area contributed by atoms with Gasteiger partial charge in [0.05, 0.1) is 16.2 Å². The van der Waals surface area contributed by atoms with Crippen LogP contribution in [-0.2, 0) is 21.0 Å². The summed E-state index contributed by atoms with van der Waals surface area (Å²) in [5.74, 6) is -1.35. The Morgan fingerprint density at radius 3 is 2.25 bits per heavy atom. The van der Waals surface area contributed by atoms with E-state index < -0.39 is 44.2 Å². The monoisotopic (exact) mass is 578 g/mol. The third kappa shape index (κ3) is 7.79. The number of nitro groups is 1. The highest BCUT2D eigenvalue weighted by Crippen LogP contribution is 2.36. The van der Waals surface area contributed by atoms with Crippen LogP contribution in [0.5, 0.6) is 0 Å². The van der Waals surface area contributed by atoms with Crippen LogP contribution in [0.15, 0.2) is 71.6 Å². The number of hydrogen-bond donors (Lipinski definition) is 3. The Balaban J connectivity index is 1.75. The van der Waals surface area contributed by atoms with E-state index in [1.54, 1.807) is 0 Å². The Hall–Kier alpha value is -4.46. The van der Waals surface area contributed by atoms with Gasteiger partial charge in [-0.3, -0.25) is 19.7 Å². The number of alkyl halides is 3. The summed E-state index contributed by atoms with van der Waals surface area (Å²) in [5, 5.41) is 16.4. The molecule has 212 valence electrons. The minimum atomic E-state index is -4.75. The Labute approximate surface area is 227 Å². The van der Waals surface area contributed by atoms with E-state index in [9.17, 15) is 41.3 Å². The second-order valence-electron chi connectivity index (χ2n) is 8.63. The number of unbranched alkanes of at least 4 members (excludes halogenated alkanes) is 2. The number of sulfonamides is 1. The SMILES string of the molecule is CCCCCC(=O)NS(=O)(=O)c1ccccc1NC(=O)c1ccc(Nc2ccc(C(F)(F)F)cc2[N+](=O)[O-])cc1. The molecule has 3 N–H and O–H groups in total. The van der Waals surface area contributed by atoms with Gasteiger partial charge in [0, 0.05) is 23.7 Å². The molecule has 0 aliphatic carbocycles. The number of nitro benzene ring substituents is 1. The van der Waals surface area contributed by atoms with Crippen molar-refractivity contribution in [1.29, 1.82) is 0 Å². The average molecular weight is 579 g/mol. The van der Waals surface area contributed by atoms with Gasteiger partial charge < -0.3 is 10.6 Å². The fourth-order valence-corrected chi connectivity index (χ4v) is 4.79. The third-order valence-electron chi connectivity index (χ3n) is 5.63. The second kappa shape index (κ2) is 12.6. The zero-order valence-electron chi connectivity index (χ0n) is 21.1. The number of hydrogen-bond acceptors (Lipinski definition) is 7. The summed E-state index contributed by atoms with van der Waals surface area (Å²) in [6, 6.07) is 13.0. The first-order chi connectivity index (χ1) is 18.8. The fourth-order valence-electron chi connectivity index (χ4n) is 3.62. The summed E-state index contributed by atoms with van der Waals surface area (Å²) >= 11 is 0. The molecule has 0 spiro atoms. The zero-order chi connectivity index (χ0) is 29.5. The van der Waals surface area contributed by atoms with Crippen LogP contribution < -0.4 is 15.4 Å². The first-order valence-corrected chi connectivity index (χ1v) is 13.5. The van der Waals surface area contributed by atoms with Crippen LogP contribution in [0, 0.1) is 10.1 Å². The maximum absolute atomic E-state index is 12.9. The number of amides is 2. The second-order valence-corrected chi connectivity index (χ2v) is 10.3. The lowest BCUT2D eigenvalue weighted by Gasteiger charge is -2.13. The molecule has 0 atom stereocenters. The molecule has 3 rings (SSSR count). The van der Waals surface area contributed by atoms with E-state index >= 15 is 0 Å². The van der Waals surface area contributed by atoms with Gasteiger partial charge in [0.15, 0.2) is 0 Å². The molecule has 0 aromatic heterocycles. The van der Waals surface area contributed by atoms with Crippen molar-refractivity contribution in [3.8, 4) is 0 Å². The molecular formula is C26H25F3N4O6S. The molecule has 2 amide bonds. The molecule has 0 saturated carbocycles. The summed E-state index contributed by atoms with van der Waals surface area (Å²) in [6.45, 7) is 1.95. The summed E-state index contributed by atoms with van der Waals surface area (Å²) in [6.07, 6.45) is -2.54. The van der Waals surface area contributed by atoms with Crippen molar-refractivity contribution in [2.24, 2.45) is 0 Å². The molecule has 0 heterocycles. The van der Waals surface area contributed by atoms with Gasteiger partial charge in [-0.2, -0.15) is 13.2 Å². The van der Waals surface area contributed by atoms with Gasteiger partial charge in [0.25, 0.3) is 21.6 Å². The van der Waals surface area contributed by atoms with Gasteiger partial charge in [0.2, 0.25) is 5.91 Å². The van der Waals surface area contributed by atoms with Crippen LogP contribution in [0.1, 0.15) is 48.5 Å². The van der Waals surface area contributed by atoms with Crippen molar-refractivity contribution < 1.29 is 36.1 Å². The number of nitrogens with zero attached hydrogens (tertiary/aromatic N) is 1. The minimum absolute atomic E-state index is 0.0393. The number of rotatable bonds is 11. The number of para-hydroxylation sites is 1. The number of halogens is 3. The van der Waals surface area contributed by atoms with Crippen molar-refractivity contribution in [1.82, 2.24) is 4.72 Å². The van der Waals surface area contributed by atoms with Gasteiger partial charge >= 0.3 is 6.18 Å². The van der Waals surface area contributed by atoms with E-state index in [-0.39, 0.29) is 33.9 Å². The number of nitrogens with one attached hydrogen (secondary N) is 3. The summed E-state index contributed by atoms with van der Waals surface area (Å²) in [5.41, 5.74) is -1.88. The van der Waals surface area contributed by atoms with Gasteiger partial charge in [-0.25, -0.2) is 13.1 Å². The third-order valence-corrected chi connectivity index (χ3v) is 7.06. The summed E-state index contributed by atoms with van der Waals surface area (Å²) in [4.78, 5) is 34.9. The highest BCUT2D eigenvalue weighted by Gasteiger charge is 2.33. The van der Waals surface area contributed by atoms with Crippen molar-refractivity contribution in [2.75, 3.05) is 10.6 Å². The van der Waals surface area contributed by atoms with Crippen LogP contribution in [0.4, 0.5) is 35.9 Å². The molecule has 0 aliphatic heterocycles. The molecule has 0 aliphatic rings. The van der Waals surface area contributed by atoms with E-state index in [4.69, 9.17) is 0 Å². The molecule has 3 aromatic carbocycles. The first kappa shape index (κ1) is 30.1. The van der Waals surface area contributed by atoms with Crippen LogP contribution in [0.3, 0.4) is 0 Å². The van der Waals surface area contributed by atoms with E-state index in [0.29, 0.717) is 18.6 Å². The molecule has 10 nitrogen and oxygen atoms in total. The molecular weight excluding hydrogens is 553 g/mol. The highest BCUT2D eigenvalue weighted by molar-refractivity contribution is 7.90. The highest BCUT2D eigenvalue weighted by atomic mass is 32.2. The lowest BCUT2D eigenvalue weighted by Crippen LogP contribution is -2.31. The predicted octanol–water partition coefficient (Wildman–Crippen LogP) is 5.99. The van der Waals surface area contributed by atoms with Crippen molar-refractivity contribution in [3.05, 3.63) is 88.0 Å². The van der Waals surface area contributed by atoms with Crippen molar-refractivity contribution >= 4 is 44.6 Å². The lowest BCUT2D eigenvalue weighted by atomic mass is 10.1. The quantitative estimate of drug-likeness (QED) is 0.144. The van der Waals surface area contributed by atoms with Crippen LogP contribution in [0.25, 0.3) is 0 Å². The molecule has 14 heteroatoms. The number of carbonyl (C=O) groups excluding carboxylic acids is 2. The largest absolute Gasteiger partial charge is 0.416 e. The van der Waals surface area contributed by atoms with E-state index in [1.807, 2.05) is 11.6 Å². The maximum atomic E-state index is 12.9. The Morgan fingerprint density at radius 2 is 1.62 bits per heavy atom. The average Bonchev–Trinajstić information content (AvgIpc) is 2.88. The van der Waals surface area contributed by atoms with Crippen LogP contribution in [-0.4, -0.2) is 25.2 Å². The number of benzene rings is 3. The Kier molecular flexibility index (Phi) is 9.47. The van der Waals surface area contributed by atoms with Gasteiger partial charge in [-0.05, 0) is 55.0 Å². The first-order valence-electron chi connectivity index (χ1n) is 12.0. The van der Waals surface area contributed by atoms with Crippen molar-refractivity contribution in [2.45, 2.75) is 43.7 Å². The number of anilines is 3. The van der Waals surface area contributed by atoms with Gasteiger partial charge in [-0.1, -0.05) is 31.9 Å². The van der Waals surface area contributed by atoms with Crippen molar-refractivity contribution in [3.63, 3.8) is 0 Å².